The van der Waals surface area contributed by atoms with Crippen LogP contribution >= 0.6 is 0 Å². The Morgan fingerprint density at radius 1 is 1.16 bits per heavy atom. The van der Waals surface area contributed by atoms with Gasteiger partial charge in [0.25, 0.3) is 0 Å². The third-order valence-corrected chi connectivity index (χ3v) is 5.01. The summed E-state index contributed by atoms with van der Waals surface area (Å²) in [5.74, 6) is 0.996. The van der Waals surface area contributed by atoms with Crippen molar-refractivity contribution in [1.82, 2.24) is 15.1 Å². The fourth-order valence-electron chi connectivity index (χ4n) is 3.73. The molecule has 112 valence electrons. The fraction of sp³-hybridized carbons (Fsp3) is 1.00. The second-order valence-electron chi connectivity index (χ2n) is 6.55. The van der Waals surface area contributed by atoms with E-state index in [0.29, 0.717) is 0 Å². The molecule has 0 aliphatic carbocycles. The number of piperidine rings is 1. The summed E-state index contributed by atoms with van der Waals surface area (Å²) in [4.78, 5) is 5.28. The molecular weight excluding hydrogens is 234 g/mol. The smallest absolute Gasteiger partial charge is 0.0220 e. The van der Waals surface area contributed by atoms with Crippen molar-refractivity contribution in [2.75, 3.05) is 46.3 Å². The number of nitrogens with one attached hydrogen (secondary N) is 1. The summed E-state index contributed by atoms with van der Waals surface area (Å²) < 4.78 is 0. The maximum atomic E-state index is 3.47. The van der Waals surface area contributed by atoms with Gasteiger partial charge in [-0.3, -0.25) is 4.90 Å². The molecule has 2 heterocycles. The standard InChI is InChI=1S/C16H33N3/c1-3-16-14-18(2)11-5-13-19(16)12-4-6-15-7-9-17-10-8-15/h15-17H,3-14H2,1-2H3. The molecule has 19 heavy (non-hydrogen) atoms. The zero-order chi connectivity index (χ0) is 13.5. The topological polar surface area (TPSA) is 18.5 Å². The first-order valence-corrected chi connectivity index (χ1v) is 8.43. The number of nitrogens with zero attached hydrogens (tertiary/aromatic N) is 2. The van der Waals surface area contributed by atoms with Crippen molar-refractivity contribution < 1.29 is 0 Å². The van der Waals surface area contributed by atoms with Gasteiger partial charge in [-0.1, -0.05) is 6.92 Å². The number of hydrogen-bond donors (Lipinski definition) is 1. The van der Waals surface area contributed by atoms with Crippen LogP contribution in [0.1, 0.15) is 45.4 Å². The van der Waals surface area contributed by atoms with Crippen molar-refractivity contribution in [1.29, 1.82) is 0 Å². The van der Waals surface area contributed by atoms with Crippen molar-refractivity contribution >= 4 is 0 Å². The average molecular weight is 267 g/mol. The van der Waals surface area contributed by atoms with Gasteiger partial charge in [-0.15, -0.1) is 0 Å². The van der Waals surface area contributed by atoms with Crippen LogP contribution in [0, 0.1) is 5.92 Å². The van der Waals surface area contributed by atoms with Crippen molar-refractivity contribution in [2.45, 2.75) is 51.5 Å². The van der Waals surface area contributed by atoms with E-state index in [4.69, 9.17) is 0 Å². The van der Waals surface area contributed by atoms with E-state index in [2.05, 4.69) is 29.1 Å². The van der Waals surface area contributed by atoms with Gasteiger partial charge in [-0.05, 0) is 84.2 Å². The lowest BCUT2D eigenvalue weighted by molar-refractivity contribution is 0.175. The average Bonchev–Trinajstić information content (AvgIpc) is 2.61. The highest BCUT2D eigenvalue weighted by Crippen LogP contribution is 2.19. The quantitative estimate of drug-likeness (QED) is 0.824. The number of hydrogen-bond acceptors (Lipinski definition) is 3. The molecule has 2 rings (SSSR count). The van der Waals surface area contributed by atoms with Crippen molar-refractivity contribution in [3.05, 3.63) is 0 Å². The number of rotatable bonds is 5. The van der Waals surface area contributed by atoms with Gasteiger partial charge in [0.05, 0.1) is 0 Å². The van der Waals surface area contributed by atoms with E-state index in [-0.39, 0.29) is 0 Å². The first kappa shape index (κ1) is 15.3. The van der Waals surface area contributed by atoms with E-state index in [9.17, 15) is 0 Å². The third-order valence-electron chi connectivity index (χ3n) is 5.01. The van der Waals surface area contributed by atoms with Crippen molar-refractivity contribution in [3.63, 3.8) is 0 Å². The molecule has 0 saturated carbocycles. The molecule has 0 bridgehead atoms. The molecule has 0 spiro atoms. The zero-order valence-electron chi connectivity index (χ0n) is 13.0. The summed E-state index contributed by atoms with van der Waals surface area (Å²) in [7, 11) is 2.28. The first-order valence-electron chi connectivity index (χ1n) is 8.43. The Balaban J connectivity index is 1.70. The minimum Gasteiger partial charge on any atom is -0.317 e. The van der Waals surface area contributed by atoms with Gasteiger partial charge < -0.3 is 10.2 Å². The molecule has 1 atom stereocenters. The van der Waals surface area contributed by atoms with Gasteiger partial charge in [0, 0.05) is 12.6 Å². The predicted molar refractivity (Wildman–Crippen MR) is 82.6 cm³/mol. The zero-order valence-corrected chi connectivity index (χ0v) is 13.0. The summed E-state index contributed by atoms with van der Waals surface area (Å²) in [6, 6.07) is 0.792. The molecule has 3 heteroatoms. The van der Waals surface area contributed by atoms with Crippen LogP contribution < -0.4 is 5.32 Å². The molecule has 1 N–H and O–H groups in total. The monoisotopic (exact) mass is 267 g/mol. The van der Waals surface area contributed by atoms with Crippen LogP contribution in [-0.4, -0.2) is 62.2 Å². The maximum Gasteiger partial charge on any atom is 0.0220 e. The molecule has 2 aliphatic heterocycles. The van der Waals surface area contributed by atoms with Gasteiger partial charge in [-0.25, -0.2) is 0 Å². The third kappa shape index (κ3) is 5.05. The molecular formula is C16H33N3. The van der Waals surface area contributed by atoms with E-state index >= 15 is 0 Å². The Morgan fingerprint density at radius 3 is 2.68 bits per heavy atom. The molecule has 2 saturated heterocycles. The molecule has 0 radical (unpaired) electrons. The Kier molecular flexibility index (Phi) is 6.62. The number of likely N-dealkylation sites (N-methyl/N-ethyl adjacent to an activating group) is 1. The molecule has 2 aliphatic rings. The van der Waals surface area contributed by atoms with Crippen molar-refractivity contribution in [3.8, 4) is 0 Å². The Hall–Kier alpha value is -0.120. The Bertz CT molecular complexity index is 238. The van der Waals surface area contributed by atoms with Crippen LogP contribution in [0.3, 0.4) is 0 Å². The molecule has 2 fully saturated rings. The Morgan fingerprint density at radius 2 is 1.95 bits per heavy atom. The lowest BCUT2D eigenvalue weighted by atomic mass is 9.93. The Labute approximate surface area is 119 Å². The normalized spacial score (nSPS) is 28.4. The van der Waals surface area contributed by atoms with Gasteiger partial charge in [-0.2, -0.15) is 0 Å². The van der Waals surface area contributed by atoms with E-state index in [0.717, 1.165) is 12.0 Å². The van der Waals surface area contributed by atoms with Gasteiger partial charge in [0.2, 0.25) is 0 Å². The summed E-state index contributed by atoms with van der Waals surface area (Å²) in [6.45, 7) is 10.0. The second-order valence-corrected chi connectivity index (χ2v) is 6.55. The van der Waals surface area contributed by atoms with E-state index < -0.39 is 0 Å². The van der Waals surface area contributed by atoms with Crippen LogP contribution in [0.25, 0.3) is 0 Å². The summed E-state index contributed by atoms with van der Waals surface area (Å²) in [5.41, 5.74) is 0. The van der Waals surface area contributed by atoms with Gasteiger partial charge in [0.1, 0.15) is 0 Å². The highest BCUT2D eigenvalue weighted by atomic mass is 15.2. The molecule has 3 nitrogen and oxygen atoms in total. The van der Waals surface area contributed by atoms with Crippen molar-refractivity contribution in [2.24, 2.45) is 5.92 Å². The largest absolute Gasteiger partial charge is 0.317 e. The maximum absolute atomic E-state index is 3.47. The molecule has 0 aromatic carbocycles. The van der Waals surface area contributed by atoms with Crippen LogP contribution in [0.4, 0.5) is 0 Å². The van der Waals surface area contributed by atoms with Crippen LogP contribution in [0.15, 0.2) is 0 Å². The summed E-state index contributed by atoms with van der Waals surface area (Å²) >= 11 is 0. The van der Waals surface area contributed by atoms with E-state index in [1.54, 1.807) is 0 Å². The van der Waals surface area contributed by atoms with Crippen LogP contribution in [-0.2, 0) is 0 Å². The van der Waals surface area contributed by atoms with Crippen LogP contribution in [0.5, 0.6) is 0 Å². The van der Waals surface area contributed by atoms with Gasteiger partial charge >= 0.3 is 0 Å². The SMILES string of the molecule is CCC1CN(C)CCCN1CCCC1CCNCC1. The minimum absolute atomic E-state index is 0.792. The lowest BCUT2D eigenvalue weighted by Crippen LogP contribution is -2.40. The summed E-state index contributed by atoms with van der Waals surface area (Å²) in [6.07, 6.45) is 8.31. The van der Waals surface area contributed by atoms with E-state index in [1.165, 1.54) is 77.8 Å². The summed E-state index contributed by atoms with van der Waals surface area (Å²) in [5, 5.41) is 3.47. The first-order chi connectivity index (χ1) is 9.29. The highest BCUT2D eigenvalue weighted by molar-refractivity contribution is 4.78. The second kappa shape index (κ2) is 8.23. The lowest BCUT2D eigenvalue weighted by Gasteiger charge is -2.31. The molecule has 1 unspecified atom stereocenters. The van der Waals surface area contributed by atoms with Gasteiger partial charge in [0.15, 0.2) is 0 Å². The molecule has 0 amide bonds. The molecule has 0 aromatic rings. The minimum atomic E-state index is 0.792. The highest BCUT2D eigenvalue weighted by Gasteiger charge is 2.22. The van der Waals surface area contributed by atoms with Crippen LogP contribution in [0.2, 0.25) is 0 Å². The molecule has 0 aromatic heterocycles. The van der Waals surface area contributed by atoms with E-state index in [1.807, 2.05) is 0 Å². The predicted octanol–water partition coefficient (Wildman–Crippen LogP) is 2.18. The fourth-order valence-corrected chi connectivity index (χ4v) is 3.73.